The first-order valence-electron chi connectivity index (χ1n) is 5.38. The normalized spacial score (nSPS) is 11.8. The average molecular weight is 249 g/mol. The van der Waals surface area contributed by atoms with Gasteiger partial charge >= 0.3 is 0 Å². The molecule has 1 heterocycles. The largest absolute Gasteiger partial charge is 0.494 e. The Kier molecular flexibility index (Phi) is 3.49. The van der Waals surface area contributed by atoms with Crippen molar-refractivity contribution in [2.24, 2.45) is 18.0 Å². The zero-order chi connectivity index (χ0) is 12.3. The van der Waals surface area contributed by atoms with Crippen LogP contribution >= 0.6 is 11.3 Å². The van der Waals surface area contributed by atoms with Crippen LogP contribution in [0.15, 0.2) is 34.7 Å². The number of thiazole rings is 1. The Morgan fingerprint density at radius 2 is 2.06 bits per heavy atom. The first-order chi connectivity index (χ1) is 8.26. The fraction of sp³-hybridized carbons (Fsp3) is 0.250. The highest BCUT2D eigenvalue weighted by Gasteiger charge is 2.04. The van der Waals surface area contributed by atoms with Crippen LogP contribution in [-0.2, 0) is 7.05 Å². The molecular weight excluding hydrogens is 234 g/mol. The number of nitrogens with zero attached hydrogens (tertiary/aromatic N) is 2. The van der Waals surface area contributed by atoms with Crippen LogP contribution in [0.3, 0.4) is 0 Å². The predicted molar refractivity (Wildman–Crippen MR) is 69.6 cm³/mol. The maximum atomic E-state index is 5.41. The van der Waals surface area contributed by atoms with E-state index in [9.17, 15) is 0 Å². The topological polar surface area (TPSA) is 52.5 Å². The maximum Gasteiger partial charge on any atom is 0.207 e. The van der Waals surface area contributed by atoms with Gasteiger partial charge in [0.2, 0.25) is 4.80 Å². The molecule has 1 aromatic heterocycles. The third-order valence-electron chi connectivity index (χ3n) is 2.50. The Labute approximate surface area is 104 Å². The van der Waals surface area contributed by atoms with Crippen molar-refractivity contribution in [1.82, 2.24) is 4.57 Å². The molecule has 2 N–H and O–H groups in total. The Morgan fingerprint density at radius 1 is 1.35 bits per heavy atom. The molecule has 2 aromatic rings. The smallest absolute Gasteiger partial charge is 0.207 e. The van der Waals surface area contributed by atoms with Gasteiger partial charge in [0.25, 0.3) is 0 Å². The van der Waals surface area contributed by atoms with Gasteiger partial charge in [-0.1, -0.05) is 0 Å². The minimum Gasteiger partial charge on any atom is -0.494 e. The van der Waals surface area contributed by atoms with Crippen molar-refractivity contribution in [3.63, 3.8) is 0 Å². The highest BCUT2D eigenvalue weighted by molar-refractivity contribution is 7.07. The summed E-state index contributed by atoms with van der Waals surface area (Å²) in [5, 5.41) is 5.76. The fourth-order valence-electron chi connectivity index (χ4n) is 1.64. The third kappa shape index (κ3) is 2.34. The molecule has 0 saturated carbocycles. The minimum atomic E-state index is 0.682. The summed E-state index contributed by atoms with van der Waals surface area (Å²) in [5.41, 5.74) is 2.23. The Hall–Kier alpha value is -1.75. The van der Waals surface area contributed by atoms with Crippen LogP contribution in [0, 0.1) is 0 Å². The van der Waals surface area contributed by atoms with Gasteiger partial charge < -0.3 is 15.1 Å². The predicted octanol–water partition coefficient (Wildman–Crippen LogP) is 1.93. The van der Waals surface area contributed by atoms with Crippen LogP contribution in [0.5, 0.6) is 5.75 Å². The van der Waals surface area contributed by atoms with Crippen molar-refractivity contribution >= 4 is 11.3 Å². The lowest BCUT2D eigenvalue weighted by Gasteiger charge is -2.05. The van der Waals surface area contributed by atoms with Gasteiger partial charge in [-0.15, -0.1) is 11.3 Å². The Morgan fingerprint density at radius 3 is 2.59 bits per heavy atom. The quantitative estimate of drug-likeness (QED) is 0.667. The summed E-state index contributed by atoms with van der Waals surface area (Å²) in [6, 6.07) is 8.01. The van der Waals surface area contributed by atoms with Crippen molar-refractivity contribution in [2.45, 2.75) is 6.92 Å². The molecule has 0 aliphatic heterocycles. The van der Waals surface area contributed by atoms with Crippen molar-refractivity contribution in [1.29, 1.82) is 0 Å². The number of aromatic nitrogens is 1. The van der Waals surface area contributed by atoms with E-state index >= 15 is 0 Å². The second-order valence-electron chi connectivity index (χ2n) is 3.55. The van der Waals surface area contributed by atoms with Gasteiger partial charge in [-0.2, -0.15) is 5.10 Å². The van der Waals surface area contributed by atoms with Crippen LogP contribution in [0.1, 0.15) is 6.92 Å². The summed E-state index contributed by atoms with van der Waals surface area (Å²) < 4.78 is 7.38. The Bertz CT molecular complexity index is 554. The molecule has 0 bridgehead atoms. The second kappa shape index (κ2) is 5.05. The molecule has 90 valence electrons. The standard InChI is InChI=1S/C12H15N3OS/c1-3-16-10-6-4-9(5-7-10)11-8-17-12(14-13)15(11)2/h4-8H,3,13H2,1-2H3/b14-12+. The number of hydrogen-bond donors (Lipinski definition) is 1. The van der Waals surface area contributed by atoms with Crippen molar-refractivity contribution in [3.05, 3.63) is 34.4 Å². The summed E-state index contributed by atoms with van der Waals surface area (Å²) in [6.07, 6.45) is 0. The van der Waals surface area contributed by atoms with Crippen LogP contribution < -0.4 is 15.4 Å². The van der Waals surface area contributed by atoms with E-state index in [1.165, 1.54) is 11.3 Å². The van der Waals surface area contributed by atoms with E-state index in [-0.39, 0.29) is 0 Å². The second-order valence-corrected chi connectivity index (χ2v) is 4.39. The van der Waals surface area contributed by atoms with Crippen molar-refractivity contribution in [3.8, 4) is 17.0 Å². The minimum absolute atomic E-state index is 0.682. The molecule has 0 unspecified atom stereocenters. The average Bonchev–Trinajstić information content (AvgIpc) is 2.72. The molecule has 0 spiro atoms. The lowest BCUT2D eigenvalue weighted by atomic mass is 10.1. The Balaban J connectivity index is 2.36. The maximum absolute atomic E-state index is 5.41. The van der Waals surface area contributed by atoms with Gasteiger partial charge in [-0.3, -0.25) is 0 Å². The fourth-order valence-corrected chi connectivity index (χ4v) is 2.47. The molecule has 0 amide bonds. The van der Waals surface area contributed by atoms with Gasteiger partial charge in [0.15, 0.2) is 0 Å². The number of hydrogen-bond acceptors (Lipinski definition) is 4. The SMILES string of the molecule is CCOc1ccc(-c2cs/c(=N/N)n2C)cc1. The first-order valence-corrected chi connectivity index (χ1v) is 6.26. The molecule has 0 radical (unpaired) electrons. The van der Waals surface area contributed by atoms with E-state index in [1.54, 1.807) is 0 Å². The summed E-state index contributed by atoms with van der Waals surface area (Å²) in [6.45, 7) is 2.66. The third-order valence-corrected chi connectivity index (χ3v) is 3.43. The van der Waals surface area contributed by atoms with Crippen LogP contribution in [0.25, 0.3) is 11.3 Å². The van der Waals surface area contributed by atoms with E-state index < -0.39 is 0 Å². The molecule has 0 atom stereocenters. The molecule has 0 aliphatic carbocycles. The molecule has 4 nitrogen and oxygen atoms in total. The molecular formula is C12H15N3OS. The van der Waals surface area contributed by atoms with Gasteiger partial charge in [0.1, 0.15) is 5.75 Å². The van der Waals surface area contributed by atoms with Crippen LogP contribution in [-0.4, -0.2) is 11.2 Å². The van der Waals surface area contributed by atoms with Gasteiger partial charge in [-0.05, 0) is 36.8 Å². The highest BCUT2D eigenvalue weighted by Crippen LogP contribution is 2.22. The lowest BCUT2D eigenvalue weighted by molar-refractivity contribution is 0.340. The number of nitrogens with two attached hydrogens (primary N) is 1. The summed E-state index contributed by atoms with van der Waals surface area (Å²) in [5.74, 6) is 6.19. The van der Waals surface area contributed by atoms with E-state index in [1.807, 2.05) is 48.2 Å². The van der Waals surface area contributed by atoms with Crippen molar-refractivity contribution < 1.29 is 4.74 Å². The summed E-state index contributed by atoms with van der Waals surface area (Å²) in [4.78, 5) is 0.800. The molecule has 0 saturated heterocycles. The van der Waals surface area contributed by atoms with Crippen LogP contribution in [0.4, 0.5) is 0 Å². The van der Waals surface area contributed by atoms with Crippen molar-refractivity contribution in [2.75, 3.05) is 6.61 Å². The summed E-state index contributed by atoms with van der Waals surface area (Å²) >= 11 is 1.53. The number of ether oxygens (including phenoxy) is 1. The van der Waals surface area contributed by atoms with Gasteiger partial charge in [-0.25, -0.2) is 0 Å². The summed E-state index contributed by atoms with van der Waals surface area (Å²) in [7, 11) is 1.95. The van der Waals surface area contributed by atoms with Gasteiger partial charge in [0, 0.05) is 12.4 Å². The monoisotopic (exact) mass is 249 g/mol. The zero-order valence-electron chi connectivity index (χ0n) is 9.88. The highest BCUT2D eigenvalue weighted by atomic mass is 32.1. The van der Waals surface area contributed by atoms with Gasteiger partial charge in [0.05, 0.1) is 12.3 Å². The van der Waals surface area contributed by atoms with E-state index in [0.29, 0.717) is 6.61 Å². The van der Waals surface area contributed by atoms with Crippen LogP contribution in [0.2, 0.25) is 0 Å². The van der Waals surface area contributed by atoms with E-state index in [0.717, 1.165) is 21.8 Å². The number of rotatable bonds is 3. The lowest BCUT2D eigenvalue weighted by Crippen LogP contribution is -2.13. The number of benzene rings is 1. The molecule has 17 heavy (non-hydrogen) atoms. The van der Waals surface area contributed by atoms with E-state index in [4.69, 9.17) is 10.6 Å². The van der Waals surface area contributed by atoms with E-state index in [2.05, 4.69) is 5.10 Å². The zero-order valence-corrected chi connectivity index (χ0v) is 10.7. The first kappa shape index (κ1) is 11.7. The molecule has 2 rings (SSSR count). The molecule has 0 fully saturated rings. The molecule has 0 aliphatic rings. The molecule has 5 heteroatoms. The molecule has 1 aromatic carbocycles.